The van der Waals surface area contributed by atoms with Gasteiger partial charge in [-0.2, -0.15) is 0 Å². The number of nitrogens with zero attached hydrogens (tertiary/aromatic N) is 4. The molecule has 0 aliphatic rings. The van der Waals surface area contributed by atoms with Gasteiger partial charge in [0.05, 0.1) is 5.69 Å². The fourth-order valence-electron chi connectivity index (χ4n) is 3.26. The molecule has 0 unspecified atom stereocenters. The molecule has 2 aromatic heterocycles. The first-order chi connectivity index (χ1) is 14.7. The maximum Gasteiger partial charge on any atom is 0.291 e. The first kappa shape index (κ1) is 19.5. The van der Waals surface area contributed by atoms with Crippen LogP contribution in [0.4, 0.5) is 0 Å². The number of hydrogen-bond acceptors (Lipinski definition) is 4. The Hall–Kier alpha value is -3.80. The van der Waals surface area contributed by atoms with Crippen molar-refractivity contribution < 1.29 is 4.79 Å². The average molecular weight is 397 g/mol. The Kier molecular flexibility index (Phi) is 5.94. The Balaban J connectivity index is 1.58. The van der Waals surface area contributed by atoms with E-state index < -0.39 is 0 Å². The molecule has 2 heterocycles. The van der Waals surface area contributed by atoms with Gasteiger partial charge in [0.15, 0.2) is 0 Å². The predicted octanol–water partition coefficient (Wildman–Crippen LogP) is 3.69. The lowest BCUT2D eigenvalue weighted by Crippen LogP contribution is -2.24. The molecule has 6 heteroatoms. The Morgan fingerprint density at radius 1 is 0.933 bits per heavy atom. The van der Waals surface area contributed by atoms with Crippen LogP contribution in [0.25, 0.3) is 5.69 Å². The Morgan fingerprint density at radius 2 is 1.70 bits per heavy atom. The molecule has 0 fully saturated rings. The molecule has 2 aromatic carbocycles. The molecule has 0 saturated heterocycles. The van der Waals surface area contributed by atoms with E-state index in [1.807, 2.05) is 61.5 Å². The van der Waals surface area contributed by atoms with Crippen molar-refractivity contribution in [3.8, 4) is 5.69 Å². The zero-order chi connectivity index (χ0) is 20.8. The molecule has 0 atom stereocenters. The molecule has 0 radical (unpaired) electrons. The van der Waals surface area contributed by atoms with Crippen molar-refractivity contribution >= 4 is 5.91 Å². The standard InChI is InChI=1S/C24H23N5O/c1-18-8-5-6-12-21(18)29-22(14-13-19-9-3-2-4-10-19)27-23(28-29)24(30)26-17-20-11-7-15-25-16-20/h2-12,15-16H,13-14,17H2,1H3,(H,26,30). The Bertz CT molecular complexity index is 1120. The number of nitrogens with one attached hydrogen (secondary N) is 1. The molecule has 6 nitrogen and oxygen atoms in total. The maximum absolute atomic E-state index is 12.7. The van der Waals surface area contributed by atoms with E-state index in [4.69, 9.17) is 0 Å². The van der Waals surface area contributed by atoms with Crippen LogP contribution in [0.1, 0.15) is 33.1 Å². The van der Waals surface area contributed by atoms with Gasteiger partial charge in [-0.25, -0.2) is 9.67 Å². The first-order valence-corrected chi connectivity index (χ1v) is 9.93. The Labute approximate surface area is 175 Å². The minimum atomic E-state index is -0.299. The van der Waals surface area contributed by atoms with E-state index in [-0.39, 0.29) is 11.7 Å². The third-order valence-electron chi connectivity index (χ3n) is 4.88. The molecule has 4 aromatic rings. The van der Waals surface area contributed by atoms with Crippen LogP contribution in [-0.2, 0) is 19.4 Å². The highest BCUT2D eigenvalue weighted by Gasteiger charge is 2.18. The van der Waals surface area contributed by atoms with Crippen molar-refractivity contribution in [2.24, 2.45) is 0 Å². The topological polar surface area (TPSA) is 72.7 Å². The summed E-state index contributed by atoms with van der Waals surface area (Å²) in [6.45, 7) is 2.41. The zero-order valence-electron chi connectivity index (χ0n) is 16.8. The van der Waals surface area contributed by atoms with Gasteiger partial charge in [0.1, 0.15) is 5.82 Å². The number of aromatic nitrogens is 4. The lowest BCUT2D eigenvalue weighted by atomic mass is 10.1. The summed E-state index contributed by atoms with van der Waals surface area (Å²) in [4.78, 5) is 21.4. The maximum atomic E-state index is 12.7. The predicted molar refractivity (Wildman–Crippen MR) is 115 cm³/mol. The summed E-state index contributed by atoms with van der Waals surface area (Å²) in [6.07, 6.45) is 4.93. The number of benzene rings is 2. The number of pyridine rings is 1. The molecule has 0 bridgehead atoms. The first-order valence-electron chi connectivity index (χ1n) is 9.93. The number of carbonyl (C=O) groups excluding carboxylic acids is 1. The Morgan fingerprint density at radius 3 is 2.47 bits per heavy atom. The molecule has 1 amide bonds. The number of rotatable bonds is 7. The van der Waals surface area contributed by atoms with E-state index in [2.05, 4.69) is 32.5 Å². The fraction of sp³-hybridized carbons (Fsp3) is 0.167. The summed E-state index contributed by atoms with van der Waals surface area (Å²) in [6, 6.07) is 22.0. The van der Waals surface area contributed by atoms with Gasteiger partial charge in [-0.05, 0) is 42.2 Å². The largest absolute Gasteiger partial charge is 0.345 e. The van der Waals surface area contributed by atoms with Crippen LogP contribution >= 0.6 is 0 Å². The molecule has 0 aliphatic carbocycles. The number of aryl methyl sites for hydroxylation is 3. The second-order valence-electron chi connectivity index (χ2n) is 7.08. The summed E-state index contributed by atoms with van der Waals surface area (Å²) in [5.41, 5.74) is 4.15. The summed E-state index contributed by atoms with van der Waals surface area (Å²) < 4.78 is 1.79. The second kappa shape index (κ2) is 9.13. The zero-order valence-corrected chi connectivity index (χ0v) is 16.8. The van der Waals surface area contributed by atoms with Crippen molar-refractivity contribution in [2.45, 2.75) is 26.3 Å². The minimum absolute atomic E-state index is 0.171. The van der Waals surface area contributed by atoms with E-state index in [0.717, 1.165) is 29.1 Å². The highest BCUT2D eigenvalue weighted by Crippen LogP contribution is 2.16. The van der Waals surface area contributed by atoms with Crippen LogP contribution in [0.15, 0.2) is 79.1 Å². The third kappa shape index (κ3) is 4.60. The lowest BCUT2D eigenvalue weighted by molar-refractivity contribution is 0.0940. The summed E-state index contributed by atoms with van der Waals surface area (Å²) in [5.74, 6) is 0.636. The van der Waals surface area contributed by atoms with E-state index in [1.54, 1.807) is 17.1 Å². The third-order valence-corrected chi connectivity index (χ3v) is 4.88. The smallest absolute Gasteiger partial charge is 0.291 e. The molecule has 4 rings (SSSR count). The van der Waals surface area contributed by atoms with Crippen LogP contribution in [0.5, 0.6) is 0 Å². The molecular weight excluding hydrogens is 374 g/mol. The van der Waals surface area contributed by atoms with Gasteiger partial charge in [-0.15, -0.1) is 5.10 Å². The molecule has 1 N–H and O–H groups in total. The number of hydrogen-bond donors (Lipinski definition) is 1. The normalized spacial score (nSPS) is 10.7. The summed E-state index contributed by atoms with van der Waals surface area (Å²) >= 11 is 0. The van der Waals surface area contributed by atoms with Crippen molar-refractivity contribution in [3.63, 3.8) is 0 Å². The summed E-state index contributed by atoms with van der Waals surface area (Å²) in [5, 5.41) is 7.42. The van der Waals surface area contributed by atoms with Gasteiger partial charge in [0, 0.05) is 25.4 Å². The molecule has 0 saturated carbocycles. The second-order valence-corrected chi connectivity index (χ2v) is 7.08. The number of para-hydroxylation sites is 1. The lowest BCUT2D eigenvalue weighted by Gasteiger charge is -2.08. The molecule has 30 heavy (non-hydrogen) atoms. The molecule has 0 aliphatic heterocycles. The minimum Gasteiger partial charge on any atom is -0.345 e. The van der Waals surface area contributed by atoms with Crippen molar-refractivity contribution in [1.29, 1.82) is 0 Å². The SMILES string of the molecule is Cc1ccccc1-n1nc(C(=O)NCc2cccnc2)nc1CCc1ccccc1. The van der Waals surface area contributed by atoms with Crippen molar-refractivity contribution in [3.05, 3.63) is 107 Å². The highest BCUT2D eigenvalue weighted by molar-refractivity contribution is 5.90. The van der Waals surface area contributed by atoms with Crippen LogP contribution in [0.3, 0.4) is 0 Å². The molecular formula is C24H23N5O. The van der Waals surface area contributed by atoms with E-state index in [1.165, 1.54) is 5.56 Å². The summed E-state index contributed by atoms with van der Waals surface area (Å²) in [7, 11) is 0. The van der Waals surface area contributed by atoms with Gasteiger partial charge in [-0.1, -0.05) is 54.6 Å². The van der Waals surface area contributed by atoms with Gasteiger partial charge >= 0.3 is 0 Å². The van der Waals surface area contributed by atoms with E-state index in [0.29, 0.717) is 13.0 Å². The number of amides is 1. The van der Waals surface area contributed by atoms with Gasteiger partial charge in [0.2, 0.25) is 5.82 Å². The van der Waals surface area contributed by atoms with Gasteiger partial charge in [-0.3, -0.25) is 9.78 Å². The van der Waals surface area contributed by atoms with E-state index in [9.17, 15) is 4.79 Å². The van der Waals surface area contributed by atoms with Crippen LogP contribution in [0, 0.1) is 6.92 Å². The highest BCUT2D eigenvalue weighted by atomic mass is 16.2. The quantitative estimate of drug-likeness (QED) is 0.516. The number of carbonyl (C=O) groups is 1. The van der Waals surface area contributed by atoms with E-state index >= 15 is 0 Å². The van der Waals surface area contributed by atoms with Crippen LogP contribution < -0.4 is 5.32 Å². The fourth-order valence-corrected chi connectivity index (χ4v) is 3.26. The monoisotopic (exact) mass is 397 g/mol. The molecule has 150 valence electrons. The van der Waals surface area contributed by atoms with Gasteiger partial charge in [0.25, 0.3) is 5.91 Å². The average Bonchev–Trinajstić information content (AvgIpc) is 3.22. The van der Waals surface area contributed by atoms with Crippen LogP contribution in [0.2, 0.25) is 0 Å². The molecule has 0 spiro atoms. The van der Waals surface area contributed by atoms with Crippen molar-refractivity contribution in [2.75, 3.05) is 0 Å². The van der Waals surface area contributed by atoms with Gasteiger partial charge < -0.3 is 5.32 Å². The van der Waals surface area contributed by atoms with Crippen LogP contribution in [-0.4, -0.2) is 25.7 Å². The van der Waals surface area contributed by atoms with Crippen molar-refractivity contribution in [1.82, 2.24) is 25.1 Å².